The number of halogens is 4. The number of hydrogen-bond donors (Lipinski definition) is 0. The first-order valence-electron chi connectivity index (χ1n) is 5.78. The summed E-state index contributed by atoms with van der Waals surface area (Å²) in [5.74, 6) is -0.277. The minimum absolute atomic E-state index is 0.277. The van der Waals surface area contributed by atoms with Crippen LogP contribution in [0.15, 0.2) is 47.5 Å². The summed E-state index contributed by atoms with van der Waals surface area (Å²) in [5, 5.41) is 0. The molecule has 0 fully saturated rings. The van der Waals surface area contributed by atoms with Gasteiger partial charge in [-0.25, -0.2) is 9.97 Å². The highest BCUT2D eigenvalue weighted by atomic mass is 79.9. The third-order valence-corrected chi connectivity index (χ3v) is 3.09. The minimum atomic E-state index is -4.70. The first kappa shape index (κ1) is 13.9. The first-order valence-corrected chi connectivity index (χ1v) is 6.57. The van der Waals surface area contributed by atoms with Crippen LogP contribution in [0.2, 0.25) is 0 Å². The first-order chi connectivity index (χ1) is 9.92. The number of fused-ring (bicyclic) bond motifs is 1. The molecule has 8 heteroatoms. The number of imidazole rings is 1. The van der Waals surface area contributed by atoms with E-state index in [2.05, 4.69) is 30.6 Å². The van der Waals surface area contributed by atoms with Crippen LogP contribution in [0.5, 0.6) is 5.75 Å². The van der Waals surface area contributed by atoms with Crippen LogP contribution in [0.3, 0.4) is 0 Å². The summed E-state index contributed by atoms with van der Waals surface area (Å²) >= 11 is 3.29. The summed E-state index contributed by atoms with van der Waals surface area (Å²) in [6, 6.07) is 5.49. The molecule has 2 heterocycles. The maximum absolute atomic E-state index is 12.1. The molecular formula is C13H7BrF3N3O. The Morgan fingerprint density at radius 2 is 1.86 bits per heavy atom. The van der Waals surface area contributed by atoms with E-state index in [-0.39, 0.29) is 5.75 Å². The molecule has 2 aromatic heterocycles. The standard InChI is InChI=1S/C13H7BrF3N3O/c14-10-7-20-6-5-18-12(20)11(19-10)8-1-3-9(4-2-8)21-13(15,16)17/h1-7H. The van der Waals surface area contributed by atoms with Crippen LogP contribution in [-0.4, -0.2) is 20.7 Å². The van der Waals surface area contributed by atoms with E-state index in [9.17, 15) is 13.2 Å². The lowest BCUT2D eigenvalue weighted by Gasteiger charge is -2.09. The van der Waals surface area contributed by atoms with Crippen molar-refractivity contribution in [3.8, 4) is 17.0 Å². The molecule has 0 saturated carbocycles. The molecule has 108 valence electrons. The Hall–Kier alpha value is -2.09. The molecule has 0 N–H and O–H groups in total. The lowest BCUT2D eigenvalue weighted by molar-refractivity contribution is -0.274. The molecule has 21 heavy (non-hydrogen) atoms. The fourth-order valence-electron chi connectivity index (χ4n) is 1.91. The van der Waals surface area contributed by atoms with Gasteiger partial charge in [0.1, 0.15) is 16.0 Å². The molecule has 3 aromatic rings. The minimum Gasteiger partial charge on any atom is -0.406 e. The third-order valence-electron chi connectivity index (χ3n) is 2.71. The highest BCUT2D eigenvalue weighted by molar-refractivity contribution is 9.10. The molecule has 0 atom stereocenters. The van der Waals surface area contributed by atoms with Crippen LogP contribution in [0.1, 0.15) is 0 Å². The van der Waals surface area contributed by atoms with Gasteiger partial charge in [-0.1, -0.05) is 0 Å². The SMILES string of the molecule is FC(F)(F)Oc1ccc(-c2nc(Br)cn3ccnc23)cc1. The van der Waals surface area contributed by atoms with E-state index >= 15 is 0 Å². The third kappa shape index (κ3) is 2.99. The summed E-state index contributed by atoms with van der Waals surface area (Å²) in [7, 11) is 0. The van der Waals surface area contributed by atoms with E-state index in [4.69, 9.17) is 0 Å². The zero-order chi connectivity index (χ0) is 15.0. The number of ether oxygens (including phenoxy) is 1. The second kappa shape index (κ2) is 5.03. The maximum atomic E-state index is 12.1. The predicted molar refractivity (Wildman–Crippen MR) is 72.8 cm³/mol. The van der Waals surface area contributed by atoms with Crippen molar-refractivity contribution in [1.29, 1.82) is 0 Å². The van der Waals surface area contributed by atoms with Gasteiger partial charge in [0.2, 0.25) is 0 Å². The fraction of sp³-hybridized carbons (Fsp3) is 0.0769. The van der Waals surface area contributed by atoms with Gasteiger partial charge >= 0.3 is 6.36 Å². The number of hydrogen-bond acceptors (Lipinski definition) is 3. The zero-order valence-corrected chi connectivity index (χ0v) is 11.9. The summed E-state index contributed by atoms with van der Waals surface area (Å²) < 4.78 is 42.6. The Balaban J connectivity index is 2.01. The van der Waals surface area contributed by atoms with Crippen molar-refractivity contribution in [3.63, 3.8) is 0 Å². The Morgan fingerprint density at radius 3 is 2.52 bits per heavy atom. The van der Waals surface area contributed by atoms with Gasteiger partial charge in [-0.2, -0.15) is 0 Å². The fourth-order valence-corrected chi connectivity index (χ4v) is 2.31. The summed E-state index contributed by atoms with van der Waals surface area (Å²) in [6.07, 6.45) is 0.416. The molecule has 0 saturated heterocycles. The van der Waals surface area contributed by atoms with Crippen LogP contribution >= 0.6 is 15.9 Å². The average molecular weight is 358 g/mol. The van der Waals surface area contributed by atoms with Crippen LogP contribution in [0.25, 0.3) is 16.9 Å². The van der Waals surface area contributed by atoms with Gasteiger partial charge in [-0.15, -0.1) is 13.2 Å². The van der Waals surface area contributed by atoms with Gasteiger partial charge in [0.15, 0.2) is 5.65 Å². The molecule has 0 amide bonds. The number of aromatic nitrogens is 3. The normalized spacial score (nSPS) is 11.8. The lowest BCUT2D eigenvalue weighted by atomic mass is 10.1. The molecule has 0 radical (unpaired) electrons. The summed E-state index contributed by atoms with van der Waals surface area (Å²) in [6.45, 7) is 0. The van der Waals surface area contributed by atoms with E-state index < -0.39 is 6.36 Å². The molecule has 0 bridgehead atoms. The van der Waals surface area contributed by atoms with Crippen LogP contribution in [0, 0.1) is 0 Å². The van der Waals surface area contributed by atoms with Crippen LogP contribution in [0.4, 0.5) is 13.2 Å². The number of nitrogens with zero attached hydrogens (tertiary/aromatic N) is 3. The van der Waals surface area contributed by atoms with Gasteiger partial charge < -0.3 is 9.14 Å². The monoisotopic (exact) mass is 357 g/mol. The van der Waals surface area contributed by atoms with E-state index in [0.29, 0.717) is 21.5 Å². The zero-order valence-electron chi connectivity index (χ0n) is 10.3. The maximum Gasteiger partial charge on any atom is 0.573 e. The van der Waals surface area contributed by atoms with Crippen molar-refractivity contribution in [3.05, 3.63) is 47.5 Å². The average Bonchev–Trinajstić information content (AvgIpc) is 2.85. The molecular weight excluding hydrogens is 351 g/mol. The molecule has 0 aliphatic rings. The van der Waals surface area contributed by atoms with Crippen molar-refractivity contribution < 1.29 is 17.9 Å². The topological polar surface area (TPSA) is 39.4 Å². The van der Waals surface area contributed by atoms with Crippen LogP contribution < -0.4 is 4.74 Å². The number of rotatable bonds is 2. The van der Waals surface area contributed by atoms with E-state index in [1.165, 1.54) is 24.3 Å². The Morgan fingerprint density at radius 1 is 1.14 bits per heavy atom. The van der Waals surface area contributed by atoms with Gasteiger partial charge in [-0.05, 0) is 40.2 Å². The molecule has 4 nitrogen and oxygen atoms in total. The highest BCUT2D eigenvalue weighted by Gasteiger charge is 2.31. The molecule has 3 rings (SSSR count). The predicted octanol–water partition coefficient (Wildman–Crippen LogP) is 4.06. The van der Waals surface area contributed by atoms with Gasteiger partial charge in [0, 0.05) is 24.2 Å². The lowest BCUT2D eigenvalue weighted by Crippen LogP contribution is -2.16. The highest BCUT2D eigenvalue weighted by Crippen LogP contribution is 2.28. The largest absolute Gasteiger partial charge is 0.573 e. The Labute approximate surface area is 125 Å². The molecule has 0 unspecified atom stereocenters. The molecule has 0 aliphatic heterocycles. The van der Waals surface area contributed by atoms with Crippen molar-refractivity contribution >= 4 is 21.6 Å². The summed E-state index contributed by atoms with van der Waals surface area (Å²) in [5.41, 5.74) is 1.82. The second-order valence-electron chi connectivity index (χ2n) is 4.14. The van der Waals surface area contributed by atoms with Crippen molar-refractivity contribution in [2.24, 2.45) is 0 Å². The molecule has 1 aromatic carbocycles. The van der Waals surface area contributed by atoms with Crippen LogP contribution in [-0.2, 0) is 0 Å². The summed E-state index contributed by atoms with van der Waals surface area (Å²) in [4.78, 5) is 8.50. The van der Waals surface area contributed by atoms with E-state index in [0.717, 1.165) is 0 Å². The van der Waals surface area contributed by atoms with Crippen molar-refractivity contribution in [2.45, 2.75) is 6.36 Å². The number of benzene rings is 1. The van der Waals surface area contributed by atoms with Gasteiger partial charge in [0.25, 0.3) is 0 Å². The quantitative estimate of drug-likeness (QED) is 0.694. The number of alkyl halides is 3. The van der Waals surface area contributed by atoms with Crippen molar-refractivity contribution in [2.75, 3.05) is 0 Å². The Bertz CT molecular complexity index is 783. The van der Waals surface area contributed by atoms with Crippen molar-refractivity contribution in [1.82, 2.24) is 14.4 Å². The smallest absolute Gasteiger partial charge is 0.406 e. The second-order valence-corrected chi connectivity index (χ2v) is 4.96. The molecule has 0 aliphatic carbocycles. The van der Waals surface area contributed by atoms with Gasteiger partial charge in [0.05, 0.1) is 0 Å². The Kier molecular flexibility index (Phi) is 3.32. The molecule has 0 spiro atoms. The van der Waals surface area contributed by atoms with E-state index in [1.54, 1.807) is 23.0 Å². The van der Waals surface area contributed by atoms with Gasteiger partial charge in [-0.3, -0.25) is 0 Å². The van der Waals surface area contributed by atoms with E-state index in [1.807, 2.05) is 0 Å².